The van der Waals surface area contributed by atoms with Crippen LogP contribution in [0.15, 0.2) is 0 Å². The van der Waals surface area contributed by atoms with Gasteiger partial charge in [0.15, 0.2) is 0 Å². The lowest BCUT2D eigenvalue weighted by atomic mass is 9.58. The highest BCUT2D eigenvalue weighted by atomic mass is 15.0. The second-order valence-electron chi connectivity index (χ2n) is 8.00. The fraction of sp³-hybridized carbons (Fsp3) is 0.882. The van der Waals surface area contributed by atoms with Gasteiger partial charge in [-0.3, -0.25) is 5.32 Å². The van der Waals surface area contributed by atoms with E-state index in [2.05, 4.69) is 45.9 Å². The SMILES string of the molecule is C#CC(CCC)NC1(CN)CC(C)(C)CC(C)(C)C1. The van der Waals surface area contributed by atoms with Crippen molar-refractivity contribution in [1.82, 2.24) is 5.32 Å². The summed E-state index contributed by atoms with van der Waals surface area (Å²) in [5, 5.41) is 3.72. The van der Waals surface area contributed by atoms with Crippen LogP contribution >= 0.6 is 0 Å². The van der Waals surface area contributed by atoms with Gasteiger partial charge in [0.25, 0.3) is 0 Å². The molecule has 1 unspecified atom stereocenters. The molecule has 1 aliphatic carbocycles. The minimum absolute atomic E-state index is 0.00252. The number of hydrogen-bond donors (Lipinski definition) is 2. The second kappa shape index (κ2) is 5.85. The highest BCUT2D eigenvalue weighted by molar-refractivity contribution is 5.09. The first kappa shape index (κ1) is 16.5. The molecule has 0 aromatic carbocycles. The maximum atomic E-state index is 6.15. The predicted molar refractivity (Wildman–Crippen MR) is 83.9 cm³/mol. The smallest absolute Gasteiger partial charge is 0.0691 e. The summed E-state index contributed by atoms with van der Waals surface area (Å²) in [5.74, 6) is 2.90. The molecule has 2 heteroatoms. The van der Waals surface area contributed by atoms with Crippen molar-refractivity contribution in [2.75, 3.05) is 6.54 Å². The molecule has 1 aliphatic rings. The lowest BCUT2D eigenvalue weighted by molar-refractivity contribution is 0.0290. The van der Waals surface area contributed by atoms with Crippen molar-refractivity contribution in [2.24, 2.45) is 16.6 Å². The maximum Gasteiger partial charge on any atom is 0.0691 e. The van der Waals surface area contributed by atoms with Gasteiger partial charge in [-0.2, -0.15) is 0 Å². The molecule has 1 rings (SSSR count). The number of nitrogens with two attached hydrogens (primary N) is 1. The fourth-order valence-corrected chi connectivity index (χ4v) is 4.48. The van der Waals surface area contributed by atoms with E-state index < -0.39 is 0 Å². The molecule has 0 aromatic heterocycles. The summed E-state index contributed by atoms with van der Waals surface area (Å²) in [6.07, 6.45) is 11.3. The summed E-state index contributed by atoms with van der Waals surface area (Å²) < 4.78 is 0. The van der Waals surface area contributed by atoms with Gasteiger partial charge in [0.05, 0.1) is 6.04 Å². The monoisotopic (exact) mass is 264 g/mol. The van der Waals surface area contributed by atoms with Gasteiger partial charge < -0.3 is 5.73 Å². The lowest BCUT2D eigenvalue weighted by Crippen LogP contribution is -2.61. The van der Waals surface area contributed by atoms with E-state index in [1.54, 1.807) is 0 Å². The topological polar surface area (TPSA) is 38.0 Å². The zero-order valence-electron chi connectivity index (χ0n) is 13.5. The Bertz CT molecular complexity index is 320. The summed E-state index contributed by atoms with van der Waals surface area (Å²) in [6, 6.07) is 0.151. The number of hydrogen-bond acceptors (Lipinski definition) is 2. The van der Waals surface area contributed by atoms with E-state index in [4.69, 9.17) is 12.2 Å². The van der Waals surface area contributed by atoms with E-state index in [0.717, 1.165) is 25.7 Å². The molecule has 0 spiro atoms. The highest BCUT2D eigenvalue weighted by Crippen LogP contribution is 2.49. The van der Waals surface area contributed by atoms with Gasteiger partial charge in [-0.25, -0.2) is 0 Å². The van der Waals surface area contributed by atoms with E-state index in [-0.39, 0.29) is 11.6 Å². The van der Waals surface area contributed by atoms with Crippen molar-refractivity contribution in [3.05, 3.63) is 0 Å². The Kier molecular flexibility index (Phi) is 5.09. The van der Waals surface area contributed by atoms with Crippen LogP contribution < -0.4 is 11.1 Å². The van der Waals surface area contributed by atoms with Crippen molar-refractivity contribution in [1.29, 1.82) is 0 Å². The lowest BCUT2D eigenvalue weighted by Gasteiger charge is -2.53. The average molecular weight is 264 g/mol. The third kappa shape index (κ3) is 4.51. The van der Waals surface area contributed by atoms with E-state index in [0.29, 0.717) is 17.4 Å². The molecule has 0 bridgehead atoms. The third-order valence-electron chi connectivity index (χ3n) is 4.24. The Balaban J connectivity index is 2.92. The van der Waals surface area contributed by atoms with Crippen LogP contribution in [0.25, 0.3) is 0 Å². The van der Waals surface area contributed by atoms with E-state index >= 15 is 0 Å². The maximum absolute atomic E-state index is 6.15. The molecule has 1 saturated carbocycles. The molecule has 3 N–H and O–H groups in total. The average Bonchev–Trinajstić information content (AvgIpc) is 2.24. The Labute approximate surface area is 119 Å². The van der Waals surface area contributed by atoms with Crippen LogP contribution in [0.3, 0.4) is 0 Å². The molecule has 0 heterocycles. The van der Waals surface area contributed by atoms with E-state index in [9.17, 15) is 0 Å². The molecule has 0 radical (unpaired) electrons. The van der Waals surface area contributed by atoms with E-state index in [1.165, 1.54) is 6.42 Å². The Morgan fingerprint density at radius 2 is 1.68 bits per heavy atom. The molecule has 1 atom stereocenters. The van der Waals surface area contributed by atoms with Gasteiger partial charge >= 0.3 is 0 Å². The van der Waals surface area contributed by atoms with Crippen LogP contribution in [-0.4, -0.2) is 18.1 Å². The van der Waals surface area contributed by atoms with Gasteiger partial charge in [-0.05, 0) is 36.5 Å². The fourth-order valence-electron chi connectivity index (χ4n) is 4.48. The predicted octanol–water partition coefficient (Wildman–Crippen LogP) is 3.31. The van der Waals surface area contributed by atoms with Gasteiger partial charge in [-0.15, -0.1) is 6.42 Å². The van der Waals surface area contributed by atoms with Gasteiger partial charge in [0.1, 0.15) is 0 Å². The quantitative estimate of drug-likeness (QED) is 0.748. The first-order valence-corrected chi connectivity index (χ1v) is 7.61. The van der Waals surface area contributed by atoms with Crippen LogP contribution in [0.2, 0.25) is 0 Å². The normalized spacial score (nSPS) is 25.5. The first-order chi connectivity index (χ1) is 8.67. The Morgan fingerprint density at radius 1 is 1.16 bits per heavy atom. The number of rotatable bonds is 5. The van der Waals surface area contributed by atoms with Crippen LogP contribution in [0, 0.1) is 23.2 Å². The molecular formula is C17H32N2. The molecule has 0 amide bonds. The Hall–Kier alpha value is -0.520. The summed E-state index contributed by atoms with van der Waals surface area (Å²) >= 11 is 0. The minimum atomic E-state index is -0.00252. The van der Waals surface area contributed by atoms with Crippen LogP contribution in [0.1, 0.15) is 66.7 Å². The number of terminal acetylenes is 1. The summed E-state index contributed by atoms with van der Waals surface area (Å²) in [4.78, 5) is 0. The van der Waals surface area contributed by atoms with Crippen molar-refractivity contribution >= 4 is 0 Å². The largest absolute Gasteiger partial charge is 0.329 e. The molecule has 0 aromatic rings. The van der Waals surface area contributed by atoms with E-state index in [1.807, 2.05) is 0 Å². The molecule has 19 heavy (non-hydrogen) atoms. The molecule has 1 fully saturated rings. The van der Waals surface area contributed by atoms with Crippen LogP contribution in [-0.2, 0) is 0 Å². The third-order valence-corrected chi connectivity index (χ3v) is 4.24. The standard InChI is InChI=1S/C17H32N2/c1-7-9-14(8-2)19-17(13-18)11-15(3,4)10-16(5,6)12-17/h2,14,19H,7,9-13,18H2,1,3-6H3. The molecule has 0 aliphatic heterocycles. The Morgan fingerprint density at radius 3 is 2.05 bits per heavy atom. The van der Waals surface area contributed by atoms with Crippen molar-refractivity contribution in [3.63, 3.8) is 0 Å². The molecule has 110 valence electrons. The van der Waals surface area contributed by atoms with Crippen molar-refractivity contribution < 1.29 is 0 Å². The summed E-state index contributed by atoms with van der Waals surface area (Å²) in [6.45, 7) is 12.3. The second-order valence-corrected chi connectivity index (χ2v) is 8.00. The summed E-state index contributed by atoms with van der Waals surface area (Å²) in [5.41, 5.74) is 6.78. The van der Waals surface area contributed by atoms with Crippen LogP contribution in [0.4, 0.5) is 0 Å². The minimum Gasteiger partial charge on any atom is -0.329 e. The highest BCUT2D eigenvalue weighted by Gasteiger charge is 2.47. The van der Waals surface area contributed by atoms with Gasteiger partial charge in [-0.1, -0.05) is 47.0 Å². The van der Waals surface area contributed by atoms with Crippen molar-refractivity contribution in [2.45, 2.75) is 78.3 Å². The molecule has 0 saturated heterocycles. The van der Waals surface area contributed by atoms with Crippen LogP contribution in [0.5, 0.6) is 0 Å². The van der Waals surface area contributed by atoms with Crippen molar-refractivity contribution in [3.8, 4) is 12.3 Å². The zero-order chi connectivity index (χ0) is 14.7. The number of nitrogens with one attached hydrogen (secondary N) is 1. The molecule has 2 nitrogen and oxygen atoms in total. The molecular weight excluding hydrogens is 232 g/mol. The zero-order valence-corrected chi connectivity index (χ0v) is 13.5. The van der Waals surface area contributed by atoms with Gasteiger partial charge in [0, 0.05) is 12.1 Å². The summed E-state index contributed by atoms with van der Waals surface area (Å²) in [7, 11) is 0. The first-order valence-electron chi connectivity index (χ1n) is 7.61. The van der Waals surface area contributed by atoms with Gasteiger partial charge in [0.2, 0.25) is 0 Å².